The number of H-pyrrole nitrogens is 1. The van der Waals surface area contributed by atoms with Crippen molar-refractivity contribution in [3.63, 3.8) is 0 Å². The second-order valence-electron chi connectivity index (χ2n) is 7.63. The molecule has 32 heavy (non-hydrogen) atoms. The van der Waals surface area contributed by atoms with Crippen molar-refractivity contribution < 1.29 is 18.7 Å². The highest BCUT2D eigenvalue weighted by molar-refractivity contribution is 6.04. The summed E-state index contributed by atoms with van der Waals surface area (Å²) in [6.07, 6.45) is 1.15. The number of benzene rings is 2. The molecule has 3 aromatic rings. The summed E-state index contributed by atoms with van der Waals surface area (Å²) >= 11 is 0. The van der Waals surface area contributed by atoms with E-state index in [1.165, 1.54) is 11.0 Å². The number of carbonyl (C=O) groups is 2. The molecule has 0 bridgehead atoms. The molecule has 1 aliphatic rings. The van der Waals surface area contributed by atoms with Gasteiger partial charge in [0.1, 0.15) is 16.9 Å². The van der Waals surface area contributed by atoms with Gasteiger partial charge < -0.3 is 14.6 Å². The molecule has 1 heterocycles. The van der Waals surface area contributed by atoms with Crippen LogP contribution in [0.3, 0.4) is 0 Å². The third-order valence-electron chi connectivity index (χ3n) is 5.35. The Morgan fingerprint density at radius 2 is 1.75 bits per heavy atom. The van der Waals surface area contributed by atoms with Crippen LogP contribution in [0.25, 0.3) is 11.3 Å². The lowest BCUT2D eigenvalue weighted by Crippen LogP contribution is -2.33. The maximum Gasteiger partial charge on any atom is 0.257 e. The molecule has 1 aliphatic carbocycles. The average molecular weight is 434 g/mol. The topological polar surface area (TPSA) is 87.3 Å². The number of hydrogen-bond donors (Lipinski definition) is 2. The van der Waals surface area contributed by atoms with Crippen molar-refractivity contribution in [3.05, 3.63) is 81.7 Å². The van der Waals surface area contributed by atoms with Crippen molar-refractivity contribution in [2.24, 2.45) is 0 Å². The summed E-state index contributed by atoms with van der Waals surface area (Å²) in [7, 11) is 4.90. The van der Waals surface area contributed by atoms with Crippen LogP contribution in [-0.2, 0) is 4.74 Å². The number of halogens is 1. The van der Waals surface area contributed by atoms with Crippen LogP contribution in [0.2, 0.25) is 0 Å². The molecular weight excluding hydrogens is 411 g/mol. The van der Waals surface area contributed by atoms with Gasteiger partial charge in [-0.25, -0.2) is 9.37 Å². The largest absolute Gasteiger partial charge is 0.499 e. The van der Waals surface area contributed by atoms with E-state index >= 15 is 0 Å². The maximum absolute atomic E-state index is 14.4. The second-order valence-corrected chi connectivity index (χ2v) is 7.63. The van der Waals surface area contributed by atoms with Crippen molar-refractivity contribution in [1.29, 1.82) is 0 Å². The van der Waals surface area contributed by atoms with Gasteiger partial charge in [0.25, 0.3) is 11.8 Å². The van der Waals surface area contributed by atoms with Crippen LogP contribution in [-0.4, -0.2) is 47.9 Å². The first kappa shape index (κ1) is 21.3. The van der Waals surface area contributed by atoms with Crippen molar-refractivity contribution in [3.8, 4) is 0 Å². The van der Waals surface area contributed by atoms with Crippen LogP contribution in [0.5, 0.6) is 0 Å². The van der Waals surface area contributed by atoms with Gasteiger partial charge in [-0.3, -0.25) is 14.9 Å². The highest BCUT2D eigenvalue weighted by atomic mass is 19.1. The first-order chi connectivity index (χ1) is 15.4. The number of aromatic amines is 1. The van der Waals surface area contributed by atoms with Gasteiger partial charge in [0.15, 0.2) is 0 Å². The van der Waals surface area contributed by atoms with E-state index in [1.54, 1.807) is 63.7 Å². The smallest absolute Gasteiger partial charge is 0.257 e. The summed E-state index contributed by atoms with van der Waals surface area (Å²) in [5.74, 6) is 0.0782. The lowest BCUT2D eigenvalue weighted by molar-refractivity contribution is 0.0827. The number of aromatic nitrogens is 2. The standard InChI is InChI=1S/C24H23FN4O3/c1-29(2)23(31)15-10-8-14(9-11-15)22(30)28-24-26-20-17(16-6-4-5-7-18(16)25)12-13-19(32-3)21(20)27-24/h4-11H,12-13H2,1-3H3,(H2,26,27,28,30). The minimum Gasteiger partial charge on any atom is -0.499 e. The first-order valence-electron chi connectivity index (χ1n) is 10.1. The highest BCUT2D eigenvalue weighted by Gasteiger charge is 2.20. The molecule has 8 heteroatoms. The van der Waals surface area contributed by atoms with Crippen molar-refractivity contribution >= 4 is 29.1 Å². The van der Waals surface area contributed by atoms with E-state index < -0.39 is 0 Å². The number of fused-ring (bicyclic) bond motifs is 1. The van der Waals surface area contributed by atoms with Crippen LogP contribution < -0.4 is 16.0 Å². The van der Waals surface area contributed by atoms with Crippen LogP contribution >= 0.6 is 0 Å². The minimum absolute atomic E-state index is 0.144. The summed E-state index contributed by atoms with van der Waals surface area (Å²) in [5.41, 5.74) is 2.10. The normalized spacial score (nSPS) is 12.9. The Balaban J connectivity index is 1.68. The van der Waals surface area contributed by atoms with Crippen molar-refractivity contribution in [1.82, 2.24) is 14.9 Å². The number of anilines is 1. The SMILES string of the molecule is COC1=c2[nH]c(NC(=O)c3ccc(C(=O)N(C)C)cc3)nc2=C(c2ccccc2F)CC1. The summed E-state index contributed by atoms with van der Waals surface area (Å²) in [6, 6.07) is 12.9. The first-order valence-corrected chi connectivity index (χ1v) is 10.1. The van der Waals surface area contributed by atoms with E-state index in [9.17, 15) is 14.0 Å². The van der Waals surface area contributed by atoms with Gasteiger partial charge >= 0.3 is 0 Å². The zero-order valence-electron chi connectivity index (χ0n) is 18.0. The molecule has 0 saturated carbocycles. The molecule has 1 aromatic heterocycles. The van der Waals surface area contributed by atoms with Gasteiger partial charge in [-0.2, -0.15) is 0 Å². The molecule has 0 atom stereocenters. The molecule has 0 aliphatic heterocycles. The van der Waals surface area contributed by atoms with Gasteiger partial charge in [0.05, 0.1) is 12.5 Å². The number of imidazole rings is 1. The highest BCUT2D eigenvalue weighted by Crippen LogP contribution is 2.24. The minimum atomic E-state index is -0.383. The van der Waals surface area contributed by atoms with Gasteiger partial charge in [0, 0.05) is 37.2 Å². The molecule has 0 radical (unpaired) electrons. The van der Waals surface area contributed by atoms with Gasteiger partial charge in [-0.15, -0.1) is 0 Å². The summed E-state index contributed by atoms with van der Waals surface area (Å²) in [4.78, 5) is 33.8. The van der Waals surface area contributed by atoms with E-state index in [2.05, 4.69) is 15.3 Å². The predicted octanol–water partition coefficient (Wildman–Crippen LogP) is 2.25. The Labute approximate surface area is 184 Å². The quantitative estimate of drug-likeness (QED) is 0.645. The molecule has 0 saturated heterocycles. The van der Waals surface area contributed by atoms with Gasteiger partial charge in [-0.1, -0.05) is 18.2 Å². The van der Waals surface area contributed by atoms with Crippen molar-refractivity contribution in [2.45, 2.75) is 12.8 Å². The monoisotopic (exact) mass is 434 g/mol. The third-order valence-corrected chi connectivity index (χ3v) is 5.35. The Bertz CT molecular complexity index is 1310. The van der Waals surface area contributed by atoms with Crippen LogP contribution in [0.15, 0.2) is 48.5 Å². The number of hydrogen-bond acceptors (Lipinski definition) is 4. The Kier molecular flexibility index (Phi) is 5.77. The molecule has 0 unspecified atom stereocenters. The number of ether oxygens (including phenoxy) is 1. The maximum atomic E-state index is 14.4. The lowest BCUT2D eigenvalue weighted by atomic mass is 9.96. The van der Waals surface area contributed by atoms with E-state index in [0.29, 0.717) is 46.0 Å². The zero-order valence-corrected chi connectivity index (χ0v) is 18.0. The Hall–Kier alpha value is -3.94. The van der Waals surface area contributed by atoms with Gasteiger partial charge in [-0.05, 0) is 42.3 Å². The molecule has 4 rings (SSSR count). The summed E-state index contributed by atoms with van der Waals surface area (Å²) < 4.78 is 19.9. The van der Waals surface area contributed by atoms with E-state index in [1.807, 2.05) is 0 Å². The number of carbonyl (C=O) groups excluding carboxylic acids is 2. The number of nitrogens with zero attached hydrogens (tertiary/aromatic N) is 2. The van der Waals surface area contributed by atoms with Crippen molar-refractivity contribution in [2.75, 3.05) is 26.5 Å². The molecule has 2 N–H and O–H groups in total. The predicted molar refractivity (Wildman–Crippen MR) is 119 cm³/mol. The van der Waals surface area contributed by atoms with Crippen LogP contribution in [0.1, 0.15) is 39.1 Å². The van der Waals surface area contributed by atoms with Crippen LogP contribution in [0, 0.1) is 5.82 Å². The number of rotatable bonds is 5. The average Bonchev–Trinajstić information content (AvgIpc) is 3.22. The molecule has 2 amide bonds. The number of nitrogens with one attached hydrogen (secondary N) is 2. The van der Waals surface area contributed by atoms with E-state index in [4.69, 9.17) is 4.74 Å². The fraction of sp³-hybridized carbons (Fsp3) is 0.208. The fourth-order valence-electron chi connectivity index (χ4n) is 3.71. The van der Waals surface area contributed by atoms with Crippen LogP contribution in [0.4, 0.5) is 10.3 Å². The molecule has 164 valence electrons. The second kappa shape index (κ2) is 8.66. The van der Waals surface area contributed by atoms with Gasteiger partial charge in [0.2, 0.25) is 5.95 Å². The summed E-state index contributed by atoms with van der Waals surface area (Å²) in [6.45, 7) is 0. The summed E-state index contributed by atoms with van der Waals surface area (Å²) in [5, 5.41) is 3.92. The molecule has 2 aromatic carbocycles. The Morgan fingerprint density at radius 1 is 1.06 bits per heavy atom. The lowest BCUT2D eigenvalue weighted by Gasteiger charge is -2.13. The molecule has 0 spiro atoms. The third kappa shape index (κ3) is 3.99. The number of methoxy groups -OCH3 is 1. The fourth-order valence-corrected chi connectivity index (χ4v) is 3.71. The molecular formula is C24H23FN4O3. The zero-order chi connectivity index (χ0) is 22.8. The number of amides is 2. The van der Waals surface area contributed by atoms with E-state index in [-0.39, 0.29) is 23.6 Å². The molecule has 7 nitrogen and oxygen atoms in total. The molecule has 0 fully saturated rings. The van der Waals surface area contributed by atoms with E-state index in [0.717, 1.165) is 5.57 Å². The Morgan fingerprint density at radius 3 is 2.41 bits per heavy atom.